The van der Waals surface area contributed by atoms with E-state index in [4.69, 9.17) is 0 Å². The molecule has 0 aromatic rings. The molecule has 0 aromatic heterocycles. The van der Waals surface area contributed by atoms with Gasteiger partial charge in [-0.2, -0.15) is 0 Å². The Morgan fingerprint density at radius 3 is 1.92 bits per heavy atom. The van der Waals surface area contributed by atoms with Gasteiger partial charge in [0.2, 0.25) is 0 Å². The second-order valence-electron chi connectivity index (χ2n) is 2.29. The van der Waals surface area contributed by atoms with Gasteiger partial charge in [-0.25, -0.2) is 4.79 Å². The van der Waals surface area contributed by atoms with Gasteiger partial charge in [-0.05, 0) is 12.5 Å². The van der Waals surface area contributed by atoms with Crippen molar-refractivity contribution in [2.75, 3.05) is 7.11 Å². The first-order valence-corrected chi connectivity index (χ1v) is 3.66. The van der Waals surface area contributed by atoms with Gasteiger partial charge in [0.1, 0.15) is 5.57 Å². The smallest absolute Gasteiger partial charge is 0.342 e. The van der Waals surface area contributed by atoms with Gasteiger partial charge in [0.25, 0.3) is 0 Å². The minimum absolute atomic E-state index is 0.0208. The molecule has 0 spiro atoms. The lowest BCUT2D eigenvalue weighted by atomic mass is 10.1. The van der Waals surface area contributed by atoms with Gasteiger partial charge in [0.05, 0.1) is 7.11 Å². The van der Waals surface area contributed by atoms with Crippen molar-refractivity contribution in [2.45, 2.75) is 6.92 Å². The minimum Gasteiger partial charge on any atom is -0.465 e. The van der Waals surface area contributed by atoms with E-state index in [2.05, 4.69) is 17.9 Å². The number of hydrogen-bond donors (Lipinski definition) is 0. The SMILES string of the molecule is C=CC(C=C)=C(C(C)=O)C(=O)OC. The lowest BCUT2D eigenvalue weighted by Gasteiger charge is -2.03. The fraction of sp³-hybridized carbons (Fsp3) is 0.200. The van der Waals surface area contributed by atoms with Crippen LogP contribution >= 0.6 is 0 Å². The number of ether oxygens (including phenoxy) is 1. The molecule has 0 radical (unpaired) electrons. The molecule has 0 heterocycles. The van der Waals surface area contributed by atoms with Crippen LogP contribution in [0.1, 0.15) is 6.92 Å². The maximum Gasteiger partial charge on any atom is 0.342 e. The van der Waals surface area contributed by atoms with Crippen LogP contribution in [0.5, 0.6) is 0 Å². The van der Waals surface area contributed by atoms with Gasteiger partial charge < -0.3 is 4.74 Å². The number of carbonyl (C=O) groups excluding carboxylic acids is 2. The van der Waals surface area contributed by atoms with Crippen LogP contribution in [0.15, 0.2) is 36.5 Å². The van der Waals surface area contributed by atoms with E-state index < -0.39 is 5.97 Å². The van der Waals surface area contributed by atoms with Crippen molar-refractivity contribution in [3.05, 3.63) is 36.5 Å². The van der Waals surface area contributed by atoms with Crippen LogP contribution in [-0.4, -0.2) is 18.9 Å². The Bertz CT molecular complexity index is 275. The number of hydrogen-bond acceptors (Lipinski definition) is 3. The molecule has 3 heteroatoms. The number of Topliss-reactive ketones (excluding diaryl/α,β-unsaturated/α-hetero) is 1. The molecule has 3 nitrogen and oxygen atoms in total. The molecule has 0 amide bonds. The zero-order chi connectivity index (χ0) is 10.4. The second-order valence-corrected chi connectivity index (χ2v) is 2.29. The molecule has 0 aliphatic rings. The quantitative estimate of drug-likeness (QED) is 0.216. The molecule has 70 valence electrons. The normalized spacial score (nSPS) is 8.46. The lowest BCUT2D eigenvalue weighted by Crippen LogP contribution is -2.13. The number of ketones is 1. The van der Waals surface area contributed by atoms with Gasteiger partial charge in [-0.1, -0.05) is 25.3 Å². The fourth-order valence-electron chi connectivity index (χ4n) is 0.854. The third kappa shape index (κ3) is 2.71. The molecular weight excluding hydrogens is 168 g/mol. The summed E-state index contributed by atoms with van der Waals surface area (Å²) >= 11 is 0. The fourth-order valence-corrected chi connectivity index (χ4v) is 0.854. The van der Waals surface area contributed by atoms with E-state index in [0.29, 0.717) is 5.57 Å². The Kier molecular flexibility index (Phi) is 4.44. The van der Waals surface area contributed by atoms with E-state index in [1.807, 2.05) is 0 Å². The van der Waals surface area contributed by atoms with Crippen molar-refractivity contribution in [1.29, 1.82) is 0 Å². The van der Waals surface area contributed by atoms with Crippen LogP contribution in [0.4, 0.5) is 0 Å². The molecule has 0 aliphatic heterocycles. The van der Waals surface area contributed by atoms with Crippen molar-refractivity contribution >= 4 is 11.8 Å². The Balaban J connectivity index is 5.33. The number of esters is 1. The summed E-state index contributed by atoms with van der Waals surface area (Å²) in [5.41, 5.74) is 0.367. The molecule has 13 heavy (non-hydrogen) atoms. The van der Waals surface area contributed by atoms with E-state index in [-0.39, 0.29) is 11.4 Å². The van der Waals surface area contributed by atoms with Crippen LogP contribution in [0.3, 0.4) is 0 Å². The van der Waals surface area contributed by atoms with Crippen molar-refractivity contribution in [1.82, 2.24) is 0 Å². The van der Waals surface area contributed by atoms with E-state index in [1.54, 1.807) is 0 Å². The third-order valence-corrected chi connectivity index (χ3v) is 1.47. The first kappa shape index (κ1) is 11.4. The Morgan fingerprint density at radius 1 is 1.23 bits per heavy atom. The highest BCUT2D eigenvalue weighted by Gasteiger charge is 2.17. The van der Waals surface area contributed by atoms with Crippen molar-refractivity contribution in [2.24, 2.45) is 0 Å². The summed E-state index contributed by atoms with van der Waals surface area (Å²) in [4.78, 5) is 22.2. The molecule has 0 aromatic carbocycles. The zero-order valence-electron chi connectivity index (χ0n) is 7.79. The summed E-state index contributed by atoms with van der Waals surface area (Å²) in [6, 6.07) is 0. The number of carbonyl (C=O) groups is 2. The third-order valence-electron chi connectivity index (χ3n) is 1.47. The van der Waals surface area contributed by atoms with E-state index in [0.717, 1.165) is 0 Å². The standard InChI is InChI=1S/C10H12O3/c1-5-8(6-2)9(7(3)11)10(12)13-4/h5-6H,1-2H2,3-4H3. The largest absolute Gasteiger partial charge is 0.465 e. The van der Waals surface area contributed by atoms with Gasteiger partial charge in [0, 0.05) is 0 Å². The van der Waals surface area contributed by atoms with Crippen molar-refractivity contribution in [3.8, 4) is 0 Å². The van der Waals surface area contributed by atoms with Crippen LogP contribution in [0.2, 0.25) is 0 Å². The lowest BCUT2D eigenvalue weighted by molar-refractivity contribution is -0.137. The first-order valence-electron chi connectivity index (χ1n) is 3.66. The highest BCUT2D eigenvalue weighted by Crippen LogP contribution is 2.09. The number of rotatable bonds is 4. The minimum atomic E-state index is -0.665. The summed E-state index contributed by atoms with van der Waals surface area (Å²) < 4.78 is 4.45. The summed E-state index contributed by atoms with van der Waals surface area (Å²) in [6.07, 6.45) is 2.78. The Morgan fingerprint density at radius 2 is 1.69 bits per heavy atom. The van der Waals surface area contributed by atoms with Gasteiger partial charge >= 0.3 is 5.97 Å². The summed E-state index contributed by atoms with van der Waals surface area (Å²) in [5.74, 6) is -1.02. The van der Waals surface area contributed by atoms with Crippen LogP contribution in [0, 0.1) is 0 Å². The highest BCUT2D eigenvalue weighted by atomic mass is 16.5. The number of allylic oxidation sites excluding steroid dienone is 3. The molecule has 0 unspecified atom stereocenters. The topological polar surface area (TPSA) is 43.4 Å². The van der Waals surface area contributed by atoms with E-state index in [9.17, 15) is 9.59 Å². The molecule has 0 N–H and O–H groups in total. The summed E-state index contributed by atoms with van der Waals surface area (Å²) in [6.45, 7) is 8.22. The predicted molar refractivity (Wildman–Crippen MR) is 50.1 cm³/mol. The van der Waals surface area contributed by atoms with Crippen molar-refractivity contribution < 1.29 is 14.3 Å². The van der Waals surface area contributed by atoms with Gasteiger partial charge in [-0.15, -0.1) is 0 Å². The van der Waals surface area contributed by atoms with Crippen LogP contribution < -0.4 is 0 Å². The van der Waals surface area contributed by atoms with E-state index >= 15 is 0 Å². The molecule has 0 rings (SSSR count). The summed E-state index contributed by atoms with van der Waals surface area (Å²) in [7, 11) is 1.22. The molecular formula is C10H12O3. The maximum atomic E-state index is 11.1. The van der Waals surface area contributed by atoms with Gasteiger partial charge in [-0.3, -0.25) is 4.79 Å². The molecule has 0 saturated heterocycles. The monoisotopic (exact) mass is 180 g/mol. The zero-order valence-corrected chi connectivity index (χ0v) is 7.79. The number of methoxy groups -OCH3 is 1. The average molecular weight is 180 g/mol. The molecule has 0 atom stereocenters. The molecule has 0 bridgehead atoms. The van der Waals surface area contributed by atoms with Crippen LogP contribution in [-0.2, 0) is 14.3 Å². The van der Waals surface area contributed by atoms with E-state index in [1.165, 1.54) is 26.2 Å². The second kappa shape index (κ2) is 5.09. The molecule has 0 aliphatic carbocycles. The molecule has 0 fully saturated rings. The predicted octanol–water partition coefficient (Wildman–Crippen LogP) is 1.42. The Labute approximate surface area is 77.4 Å². The molecule has 0 saturated carbocycles. The van der Waals surface area contributed by atoms with Crippen LogP contribution in [0.25, 0.3) is 0 Å². The highest BCUT2D eigenvalue weighted by molar-refractivity contribution is 6.17. The first-order chi connectivity index (χ1) is 6.08. The van der Waals surface area contributed by atoms with Crippen molar-refractivity contribution in [3.63, 3.8) is 0 Å². The Hall–Kier alpha value is -1.64. The van der Waals surface area contributed by atoms with Gasteiger partial charge in [0.15, 0.2) is 5.78 Å². The average Bonchev–Trinajstić information content (AvgIpc) is 2.12. The summed E-state index contributed by atoms with van der Waals surface area (Å²) in [5, 5.41) is 0. The maximum absolute atomic E-state index is 11.1.